The van der Waals surface area contributed by atoms with Gasteiger partial charge in [-0.2, -0.15) is 0 Å². The van der Waals surface area contributed by atoms with Gasteiger partial charge in [0.15, 0.2) is 0 Å². The molecule has 0 aliphatic carbocycles. The maximum absolute atomic E-state index is 13.5. The summed E-state index contributed by atoms with van der Waals surface area (Å²) in [6.07, 6.45) is 1.74. The molecule has 0 unspecified atom stereocenters. The van der Waals surface area contributed by atoms with Crippen LogP contribution in [0.25, 0.3) is 33.5 Å². The number of fused-ring (bicyclic) bond motifs is 1. The van der Waals surface area contributed by atoms with Crippen LogP contribution >= 0.6 is 0 Å². The van der Waals surface area contributed by atoms with Gasteiger partial charge < -0.3 is 10.3 Å². The number of imidazole rings is 2. The molecule has 0 amide bonds. The Morgan fingerprint density at radius 3 is 2.26 bits per heavy atom. The number of hydrogen-bond donors (Lipinski definition) is 1. The van der Waals surface area contributed by atoms with E-state index in [9.17, 15) is 12.8 Å². The van der Waals surface area contributed by atoms with Crippen molar-refractivity contribution >= 4 is 27.0 Å². The summed E-state index contributed by atoms with van der Waals surface area (Å²) in [5.74, 6) is -0.398. The van der Waals surface area contributed by atoms with Gasteiger partial charge in [-0.15, -0.1) is 0 Å². The van der Waals surface area contributed by atoms with Gasteiger partial charge in [-0.3, -0.25) is 0 Å². The van der Waals surface area contributed by atoms with Gasteiger partial charge in [-0.25, -0.2) is 26.7 Å². The monoisotopic (exact) mass is 441 g/mol. The van der Waals surface area contributed by atoms with Crippen molar-refractivity contribution in [3.8, 4) is 22.5 Å². The number of nitrogens with two attached hydrogens (primary N) is 1. The molecule has 0 saturated carbocycles. The molecule has 2 aromatic carbocycles. The van der Waals surface area contributed by atoms with Gasteiger partial charge in [-0.1, -0.05) is 6.07 Å². The van der Waals surface area contributed by atoms with Crippen LogP contribution in [0, 0.1) is 5.82 Å². The highest BCUT2D eigenvalue weighted by Crippen LogP contribution is 2.35. The van der Waals surface area contributed by atoms with E-state index in [1.165, 1.54) is 12.1 Å². The lowest BCUT2D eigenvalue weighted by Gasteiger charge is -2.15. The first-order valence-corrected chi connectivity index (χ1v) is 11.5. The van der Waals surface area contributed by atoms with E-state index in [4.69, 9.17) is 5.73 Å². The minimum atomic E-state index is -3.70. The van der Waals surface area contributed by atoms with Crippen LogP contribution in [0.4, 0.5) is 10.3 Å². The fraction of sp³-hybridized carbons (Fsp3) is 0.273. The van der Waals surface area contributed by atoms with Crippen LogP contribution in [0.3, 0.4) is 0 Å². The predicted octanol–water partition coefficient (Wildman–Crippen LogP) is 4.46. The summed E-state index contributed by atoms with van der Waals surface area (Å²) in [4.78, 5) is 8.80. The summed E-state index contributed by atoms with van der Waals surface area (Å²) in [6.45, 7) is 7.27. The second-order valence-electron chi connectivity index (χ2n) is 7.98. The Morgan fingerprint density at radius 2 is 1.65 bits per heavy atom. The van der Waals surface area contributed by atoms with Crippen molar-refractivity contribution in [2.75, 3.05) is 5.73 Å². The second kappa shape index (κ2) is 7.49. The van der Waals surface area contributed by atoms with Gasteiger partial charge in [0.1, 0.15) is 5.82 Å². The highest BCUT2D eigenvalue weighted by atomic mass is 32.2. The third-order valence-corrected chi connectivity index (χ3v) is 7.31. The van der Waals surface area contributed by atoms with E-state index >= 15 is 0 Å². The summed E-state index contributed by atoms with van der Waals surface area (Å²) in [6, 6.07) is 11.6. The Balaban J connectivity index is 1.99. The normalized spacial score (nSPS) is 12.4. The van der Waals surface area contributed by atoms with Crippen LogP contribution in [-0.2, 0) is 10.0 Å². The summed E-state index contributed by atoms with van der Waals surface area (Å²) in [5, 5.41) is -0.660. The molecule has 162 valence electrons. The first-order chi connectivity index (χ1) is 14.6. The standard InChI is InChI=1S/C22H24FN5O2S/c1-13(2)27-12-25-20(15-5-8-17(23)9-6-15)21(27)16-7-10-18-19(11-16)28(22(24)26-18)31(29,30)14(3)4/h5-14H,1-4H3,(H2,24,26). The lowest BCUT2D eigenvalue weighted by atomic mass is 10.0. The van der Waals surface area contributed by atoms with E-state index in [2.05, 4.69) is 9.97 Å². The quantitative estimate of drug-likeness (QED) is 0.493. The van der Waals surface area contributed by atoms with Crippen molar-refractivity contribution in [3.05, 3.63) is 54.6 Å². The van der Waals surface area contributed by atoms with Gasteiger partial charge in [0.05, 0.1) is 34.0 Å². The number of aromatic nitrogens is 4. The van der Waals surface area contributed by atoms with Crippen molar-refractivity contribution in [1.82, 2.24) is 18.5 Å². The van der Waals surface area contributed by atoms with Gasteiger partial charge in [0.2, 0.25) is 16.0 Å². The minimum absolute atomic E-state index is 0.0722. The molecule has 7 nitrogen and oxygen atoms in total. The molecule has 0 aliphatic rings. The first-order valence-electron chi connectivity index (χ1n) is 9.96. The van der Waals surface area contributed by atoms with E-state index in [0.29, 0.717) is 16.7 Å². The lowest BCUT2D eigenvalue weighted by molar-refractivity contribution is 0.580. The zero-order valence-electron chi connectivity index (χ0n) is 17.7. The number of nitrogens with zero attached hydrogens (tertiary/aromatic N) is 4. The smallest absolute Gasteiger partial charge is 0.244 e. The van der Waals surface area contributed by atoms with Crippen molar-refractivity contribution in [1.29, 1.82) is 0 Å². The van der Waals surface area contributed by atoms with Gasteiger partial charge in [0.25, 0.3) is 0 Å². The van der Waals surface area contributed by atoms with Gasteiger partial charge >= 0.3 is 0 Å². The Labute approximate surface area is 180 Å². The summed E-state index contributed by atoms with van der Waals surface area (Å²) in [7, 11) is -3.70. The lowest BCUT2D eigenvalue weighted by Crippen LogP contribution is -2.23. The molecule has 2 N–H and O–H groups in total. The van der Waals surface area contributed by atoms with Crippen LogP contribution in [0.15, 0.2) is 48.8 Å². The van der Waals surface area contributed by atoms with Crippen LogP contribution in [0.5, 0.6) is 0 Å². The maximum Gasteiger partial charge on any atom is 0.244 e. The fourth-order valence-electron chi connectivity index (χ4n) is 3.56. The zero-order valence-corrected chi connectivity index (χ0v) is 18.6. The molecular weight excluding hydrogens is 417 g/mol. The van der Waals surface area contributed by atoms with E-state index in [1.54, 1.807) is 44.4 Å². The number of nitrogen functional groups attached to an aromatic ring is 1. The van der Waals surface area contributed by atoms with Crippen LogP contribution in [0.2, 0.25) is 0 Å². The first kappa shape index (κ1) is 21.0. The number of halogens is 1. The molecule has 2 heterocycles. The van der Waals surface area contributed by atoms with E-state index in [0.717, 1.165) is 20.8 Å². The highest BCUT2D eigenvalue weighted by Gasteiger charge is 2.25. The molecule has 31 heavy (non-hydrogen) atoms. The number of anilines is 1. The fourth-order valence-corrected chi connectivity index (χ4v) is 4.70. The van der Waals surface area contributed by atoms with Crippen LogP contribution in [-0.4, -0.2) is 32.2 Å². The van der Waals surface area contributed by atoms with Crippen molar-refractivity contribution in [3.63, 3.8) is 0 Å². The SMILES string of the molecule is CC(C)n1cnc(-c2ccc(F)cc2)c1-c1ccc2nc(N)n(S(=O)(=O)C(C)C)c2c1. The molecule has 0 bridgehead atoms. The summed E-state index contributed by atoms with van der Waals surface area (Å²) >= 11 is 0. The molecule has 9 heteroatoms. The molecule has 2 aromatic heterocycles. The minimum Gasteiger partial charge on any atom is -0.368 e. The van der Waals surface area contributed by atoms with Crippen LogP contribution in [0.1, 0.15) is 33.7 Å². The Kier molecular flexibility index (Phi) is 5.09. The maximum atomic E-state index is 13.5. The van der Waals surface area contributed by atoms with Crippen molar-refractivity contribution in [2.45, 2.75) is 39.0 Å². The van der Waals surface area contributed by atoms with Gasteiger partial charge in [-0.05, 0) is 64.1 Å². The van der Waals surface area contributed by atoms with Crippen molar-refractivity contribution in [2.24, 2.45) is 0 Å². The molecule has 0 saturated heterocycles. The molecule has 0 atom stereocenters. The summed E-state index contributed by atoms with van der Waals surface area (Å²) < 4.78 is 42.4. The Hall–Kier alpha value is -3.20. The average molecular weight is 442 g/mol. The number of hydrogen-bond acceptors (Lipinski definition) is 5. The third kappa shape index (κ3) is 3.48. The second-order valence-corrected chi connectivity index (χ2v) is 10.3. The molecule has 4 rings (SSSR count). The third-order valence-electron chi connectivity index (χ3n) is 5.23. The zero-order chi connectivity index (χ0) is 22.5. The molecular formula is C22H24FN5O2S. The molecule has 4 aromatic rings. The average Bonchev–Trinajstić information content (AvgIpc) is 3.28. The Bertz CT molecular complexity index is 1370. The number of rotatable bonds is 5. The van der Waals surface area contributed by atoms with Crippen molar-refractivity contribution < 1.29 is 12.8 Å². The van der Waals surface area contributed by atoms with E-state index in [1.807, 2.05) is 24.5 Å². The topological polar surface area (TPSA) is 95.8 Å². The Morgan fingerprint density at radius 1 is 1.00 bits per heavy atom. The highest BCUT2D eigenvalue weighted by molar-refractivity contribution is 7.90. The van der Waals surface area contributed by atoms with E-state index in [-0.39, 0.29) is 17.8 Å². The van der Waals surface area contributed by atoms with Crippen LogP contribution < -0.4 is 5.73 Å². The molecule has 0 fully saturated rings. The van der Waals surface area contributed by atoms with E-state index < -0.39 is 15.3 Å². The predicted molar refractivity (Wildman–Crippen MR) is 121 cm³/mol. The number of benzene rings is 2. The molecule has 0 aliphatic heterocycles. The van der Waals surface area contributed by atoms with Gasteiger partial charge in [0, 0.05) is 17.2 Å². The summed E-state index contributed by atoms with van der Waals surface area (Å²) in [5.41, 5.74) is 9.88. The molecule has 0 radical (unpaired) electrons. The largest absolute Gasteiger partial charge is 0.368 e. The molecule has 0 spiro atoms.